The number of hydrogen-bond acceptors (Lipinski definition) is 4. The molecule has 1 fully saturated rings. The average Bonchev–Trinajstić information content (AvgIpc) is 3.11. The molecule has 0 bridgehead atoms. The van der Waals surface area contributed by atoms with Crippen molar-refractivity contribution in [3.63, 3.8) is 0 Å². The molecule has 4 heteroatoms. The molecule has 0 saturated carbocycles. The van der Waals surface area contributed by atoms with Crippen LogP contribution in [0.25, 0.3) is 11.3 Å². The summed E-state index contributed by atoms with van der Waals surface area (Å²) in [5.74, 6) is 0.646. The molecule has 3 nitrogen and oxygen atoms in total. The van der Waals surface area contributed by atoms with E-state index in [9.17, 15) is 0 Å². The molecule has 2 heterocycles. The molecule has 1 N–H and O–H groups in total. The number of thiazole rings is 1. The highest BCUT2D eigenvalue weighted by Gasteiger charge is 2.19. The van der Waals surface area contributed by atoms with Crippen LogP contribution >= 0.6 is 11.3 Å². The summed E-state index contributed by atoms with van der Waals surface area (Å²) in [7, 11) is 1.99. The Morgan fingerprint density at radius 2 is 2.20 bits per heavy atom. The summed E-state index contributed by atoms with van der Waals surface area (Å²) in [4.78, 5) is 6.21. The fourth-order valence-electron chi connectivity index (χ4n) is 2.58. The number of nitrogens with zero attached hydrogens (tertiary/aromatic N) is 1. The van der Waals surface area contributed by atoms with Crippen LogP contribution in [-0.4, -0.2) is 25.2 Å². The van der Waals surface area contributed by atoms with E-state index in [1.165, 1.54) is 21.9 Å². The lowest BCUT2D eigenvalue weighted by atomic mass is 10.1. The first kappa shape index (κ1) is 13.7. The molecule has 1 atom stereocenters. The highest BCUT2D eigenvalue weighted by Crippen LogP contribution is 2.30. The van der Waals surface area contributed by atoms with Gasteiger partial charge in [0.2, 0.25) is 0 Å². The average molecular weight is 288 g/mol. The molecule has 106 valence electrons. The monoisotopic (exact) mass is 288 g/mol. The summed E-state index contributed by atoms with van der Waals surface area (Å²) in [5.41, 5.74) is 2.35. The van der Waals surface area contributed by atoms with Gasteiger partial charge in [-0.15, -0.1) is 11.3 Å². The van der Waals surface area contributed by atoms with E-state index in [2.05, 4.69) is 29.6 Å². The van der Waals surface area contributed by atoms with Gasteiger partial charge < -0.3 is 10.1 Å². The Morgan fingerprint density at radius 3 is 2.90 bits per heavy atom. The number of benzene rings is 1. The number of hydrogen-bond donors (Lipinski definition) is 1. The van der Waals surface area contributed by atoms with E-state index in [1.807, 2.05) is 24.5 Å². The van der Waals surface area contributed by atoms with Crippen molar-refractivity contribution in [1.82, 2.24) is 10.3 Å². The van der Waals surface area contributed by atoms with Gasteiger partial charge in [0.1, 0.15) is 0 Å². The fraction of sp³-hybridized carbons (Fsp3) is 0.438. The first-order valence-corrected chi connectivity index (χ1v) is 7.95. The summed E-state index contributed by atoms with van der Waals surface area (Å²) in [5, 5.41) is 4.49. The molecule has 1 saturated heterocycles. The Kier molecular flexibility index (Phi) is 4.45. The van der Waals surface area contributed by atoms with E-state index < -0.39 is 0 Å². The Bertz CT molecular complexity index is 547. The van der Waals surface area contributed by atoms with Crippen LogP contribution in [0.5, 0.6) is 0 Å². The fourth-order valence-corrected chi connectivity index (χ4v) is 3.80. The SMILES string of the molecule is CNCc1sc(CC2CCOC2)nc1-c1ccccc1. The predicted molar refractivity (Wildman–Crippen MR) is 82.9 cm³/mol. The van der Waals surface area contributed by atoms with Crippen molar-refractivity contribution < 1.29 is 4.74 Å². The maximum Gasteiger partial charge on any atom is 0.0939 e. The molecule has 0 aliphatic carbocycles. The van der Waals surface area contributed by atoms with Crippen molar-refractivity contribution in [2.24, 2.45) is 5.92 Å². The lowest BCUT2D eigenvalue weighted by molar-refractivity contribution is 0.186. The van der Waals surface area contributed by atoms with Crippen LogP contribution in [-0.2, 0) is 17.7 Å². The zero-order valence-electron chi connectivity index (χ0n) is 11.8. The van der Waals surface area contributed by atoms with E-state index in [0.29, 0.717) is 5.92 Å². The third-order valence-electron chi connectivity index (χ3n) is 3.61. The van der Waals surface area contributed by atoms with Crippen molar-refractivity contribution >= 4 is 11.3 Å². The maximum absolute atomic E-state index is 5.46. The first-order chi connectivity index (χ1) is 9.86. The molecule has 1 aliphatic heterocycles. The number of rotatable bonds is 5. The van der Waals surface area contributed by atoms with Crippen molar-refractivity contribution in [3.8, 4) is 11.3 Å². The van der Waals surface area contributed by atoms with Gasteiger partial charge in [-0.25, -0.2) is 4.98 Å². The Balaban J connectivity index is 1.85. The van der Waals surface area contributed by atoms with E-state index in [1.54, 1.807) is 0 Å². The van der Waals surface area contributed by atoms with Gasteiger partial charge in [-0.3, -0.25) is 0 Å². The predicted octanol–water partition coefficient (Wildman–Crippen LogP) is 3.11. The molecule has 3 rings (SSSR count). The standard InChI is InChI=1S/C16H20N2OS/c1-17-10-14-16(13-5-3-2-4-6-13)18-15(20-14)9-12-7-8-19-11-12/h2-6,12,17H,7-11H2,1H3. The van der Waals surface area contributed by atoms with E-state index >= 15 is 0 Å². The molecule has 20 heavy (non-hydrogen) atoms. The zero-order chi connectivity index (χ0) is 13.8. The number of nitrogens with one attached hydrogen (secondary N) is 1. The normalized spacial score (nSPS) is 18.6. The van der Waals surface area contributed by atoms with Gasteiger partial charge in [0.15, 0.2) is 0 Å². The van der Waals surface area contributed by atoms with Gasteiger partial charge in [-0.2, -0.15) is 0 Å². The molecule has 0 radical (unpaired) electrons. The Labute approximate surface area is 124 Å². The third-order valence-corrected chi connectivity index (χ3v) is 4.69. The minimum atomic E-state index is 0.646. The van der Waals surface area contributed by atoms with Gasteiger partial charge in [-0.1, -0.05) is 30.3 Å². The summed E-state index contributed by atoms with van der Waals surface area (Å²) in [6.45, 7) is 2.68. The van der Waals surface area contributed by atoms with Crippen molar-refractivity contribution in [3.05, 3.63) is 40.2 Å². The lowest BCUT2D eigenvalue weighted by Gasteiger charge is -2.02. The Morgan fingerprint density at radius 1 is 1.35 bits per heavy atom. The molecular formula is C16H20N2OS. The van der Waals surface area contributed by atoms with Crippen LogP contribution in [0.1, 0.15) is 16.3 Å². The van der Waals surface area contributed by atoms with E-state index in [0.717, 1.165) is 31.9 Å². The summed E-state index contributed by atoms with van der Waals surface area (Å²) >= 11 is 1.84. The molecule has 1 aliphatic rings. The van der Waals surface area contributed by atoms with Crippen LogP contribution in [0.2, 0.25) is 0 Å². The van der Waals surface area contributed by atoms with Crippen LogP contribution < -0.4 is 5.32 Å². The smallest absolute Gasteiger partial charge is 0.0939 e. The topological polar surface area (TPSA) is 34.1 Å². The van der Waals surface area contributed by atoms with Gasteiger partial charge in [0.25, 0.3) is 0 Å². The van der Waals surface area contributed by atoms with Crippen molar-refractivity contribution in [2.75, 3.05) is 20.3 Å². The van der Waals surface area contributed by atoms with Gasteiger partial charge in [-0.05, 0) is 19.4 Å². The molecular weight excluding hydrogens is 268 g/mol. The second kappa shape index (κ2) is 6.48. The van der Waals surface area contributed by atoms with Crippen LogP contribution in [0, 0.1) is 5.92 Å². The van der Waals surface area contributed by atoms with Crippen molar-refractivity contribution in [2.45, 2.75) is 19.4 Å². The number of ether oxygens (including phenoxy) is 1. The second-order valence-corrected chi connectivity index (χ2v) is 6.38. The molecule has 1 unspecified atom stereocenters. The largest absolute Gasteiger partial charge is 0.381 e. The van der Waals surface area contributed by atoms with Crippen LogP contribution in [0.4, 0.5) is 0 Å². The number of aromatic nitrogens is 1. The maximum atomic E-state index is 5.46. The minimum Gasteiger partial charge on any atom is -0.381 e. The lowest BCUT2D eigenvalue weighted by Crippen LogP contribution is -2.04. The van der Waals surface area contributed by atoms with Crippen molar-refractivity contribution in [1.29, 1.82) is 0 Å². The third kappa shape index (κ3) is 3.08. The second-order valence-electron chi connectivity index (χ2n) is 5.21. The molecule has 0 amide bonds. The quantitative estimate of drug-likeness (QED) is 0.918. The van der Waals surface area contributed by atoms with Gasteiger partial charge in [0.05, 0.1) is 10.7 Å². The summed E-state index contributed by atoms with van der Waals surface area (Å²) in [6.07, 6.45) is 2.22. The first-order valence-electron chi connectivity index (χ1n) is 7.13. The van der Waals surface area contributed by atoms with E-state index in [4.69, 9.17) is 9.72 Å². The zero-order valence-corrected chi connectivity index (χ0v) is 12.6. The Hall–Kier alpha value is -1.23. The molecule has 2 aromatic rings. The highest BCUT2D eigenvalue weighted by atomic mass is 32.1. The minimum absolute atomic E-state index is 0.646. The van der Waals surface area contributed by atoms with Gasteiger partial charge in [0, 0.05) is 36.6 Å². The molecule has 1 aromatic heterocycles. The van der Waals surface area contributed by atoms with E-state index in [-0.39, 0.29) is 0 Å². The molecule has 0 spiro atoms. The summed E-state index contributed by atoms with van der Waals surface area (Å²) in [6, 6.07) is 10.5. The highest BCUT2D eigenvalue weighted by molar-refractivity contribution is 7.12. The van der Waals surface area contributed by atoms with Gasteiger partial charge >= 0.3 is 0 Å². The van der Waals surface area contributed by atoms with Crippen LogP contribution in [0.15, 0.2) is 30.3 Å². The van der Waals surface area contributed by atoms with Crippen LogP contribution in [0.3, 0.4) is 0 Å². The molecule has 1 aromatic carbocycles. The summed E-state index contributed by atoms with van der Waals surface area (Å²) < 4.78 is 5.46.